The van der Waals surface area contributed by atoms with Crippen LogP contribution in [-0.4, -0.2) is 247 Å². The number of aromatic hydroxyl groups is 3. The standard InChI is InChI=1S/C96H108Cl2N12O35/c1-38(2)16-58(108(5)95(129)139-37-49-28-64(135-7)66(137-9)33-57(49)110(132)133)87(122)105-77-79(116)43-11-14-61(53(97)23-43)141-67-25-47-26-68(83(67)145-93-84(82(119)81(118)69(35-111)143-93)144-71-34-96(4,85(120)39(3)140-71)107-94(128)138-36-48-27-63(134-6)65(136-8)32-56(48)109(130)131)142-62-15-12-44(24-54(62)98)80(117)78-92(127)104-76(90(125)101-73-45-18-40-17-41(20-45)21-46(73)19-40)52-29-50(112)30-60(114)72(52)51-22-42(10-13-59(51)113)74(88(123)106-78)103-89(124)75(47)102-86(121)55(31-70(99)115)100-91(77)126/h10-15,22-30,32-33,38-41,45-46,55,58,69,71,73-82,84-85,93,111-114,116-120H,16-21,31,34-37H2,1-9H3,(H2,99,115)(H,100,126)(H,101,125)(H,102,121)(H,103,124)(H,104,127)(H,105,122)(H,106,123)(H,107,128)/t39?,40?,41?,45?,46?,55?,58?,69?,71?,73?,74?,75?,76-,77?,78?,79?,80?,81?,82?,84?,85?,93?,96-/m0/s1. The molecule has 47 nitrogen and oxygen atoms in total. The summed E-state index contributed by atoms with van der Waals surface area (Å²) >= 11 is 14.6. The average molecular weight is 2060 g/mol. The quantitative estimate of drug-likeness (QED) is 0.0236. The van der Waals surface area contributed by atoms with Crippen molar-refractivity contribution in [3.05, 3.63) is 172 Å². The third-order valence-corrected chi connectivity index (χ3v) is 27.9. The maximum absolute atomic E-state index is 16.7. The van der Waals surface area contributed by atoms with E-state index in [4.69, 9.17) is 85.8 Å². The monoisotopic (exact) mass is 2060 g/mol. The molecule has 0 aromatic heterocycles. The number of rotatable bonds is 25. The van der Waals surface area contributed by atoms with Gasteiger partial charge < -0.3 is 151 Å². The normalized spacial score (nSPS) is 27.5. The highest BCUT2D eigenvalue weighted by Crippen LogP contribution is 2.56. The molecule has 776 valence electrons. The van der Waals surface area contributed by atoms with Crippen LogP contribution < -0.4 is 81.4 Å². The topological polar surface area (TPSA) is 675 Å². The summed E-state index contributed by atoms with van der Waals surface area (Å²) in [5, 5.41) is 153. The van der Waals surface area contributed by atoms with Gasteiger partial charge in [-0.1, -0.05) is 55.2 Å². The number of amides is 10. The van der Waals surface area contributed by atoms with Gasteiger partial charge in [0.1, 0.15) is 121 Å². The van der Waals surface area contributed by atoms with Crippen LogP contribution in [-0.2, 0) is 75.3 Å². The number of likely N-dealkylation sites (N-methyl/N-ethyl adjacent to an activating group) is 1. The molecule has 18 rings (SSSR count). The van der Waals surface area contributed by atoms with E-state index in [0.29, 0.717) is 11.8 Å². The Morgan fingerprint density at radius 2 is 1.17 bits per heavy atom. The van der Waals surface area contributed by atoms with Crippen LogP contribution in [0.4, 0.5) is 21.0 Å². The SMILES string of the molecule is COc1cc(COC(=O)N[C@@]2(C)CC(OC3C(Oc4c5cc6cc4Oc4ccc(cc4Cl)C(O)C(NC(=O)C(CC(C)C)N(C)C(=O)OCc4cc(OC)c(OC)cc4[N+](=O)[O-])C(=O)NC(CC(N)=O)C(=O)NC6C(=O)NC4C(=O)NC(C(=O)N[C@H](C(=O)NC6C7CC8CC(C7)CC6C8)c6cc(O)cc(O)c6-c6cc4ccc6O)C(O)c4ccc(c(Cl)c4)O5)OC(CO)C(O)C3O)OC(C)C2O)c([N+](=O)[O-])cc1OC. The number of ether oxygens (including phenoxy) is 12. The van der Waals surface area contributed by atoms with Gasteiger partial charge in [-0.3, -0.25) is 63.5 Å². The number of nitrogens with zero attached hydrogens (tertiary/aromatic N) is 3. The molecule has 16 unspecified atom stereocenters. The van der Waals surface area contributed by atoms with Crippen molar-refractivity contribution >= 4 is 94.0 Å². The summed E-state index contributed by atoms with van der Waals surface area (Å²) in [5.41, 5.74) is -0.238. The van der Waals surface area contributed by atoms with Gasteiger partial charge >= 0.3 is 12.2 Å². The maximum Gasteiger partial charge on any atom is 0.410 e. The lowest BCUT2D eigenvalue weighted by Gasteiger charge is -2.54. The molecule has 0 spiro atoms. The first-order valence-electron chi connectivity index (χ1n) is 46.1. The molecule has 7 aromatic rings. The molecular weight excluding hydrogens is 1950 g/mol. The number of nitrogens with one attached hydrogen (secondary N) is 8. The van der Waals surface area contributed by atoms with Crippen molar-refractivity contribution < 1.29 is 161 Å². The average Bonchev–Trinajstić information content (AvgIpc) is 0.756. The number of nitro groups is 2. The van der Waals surface area contributed by atoms with Crippen molar-refractivity contribution in [2.24, 2.45) is 35.3 Å². The second kappa shape index (κ2) is 43.4. The molecular formula is C96H108Cl2N12O35. The Morgan fingerprint density at radius 1 is 0.621 bits per heavy atom. The number of phenols is 3. The molecule has 7 aliphatic heterocycles. The van der Waals surface area contributed by atoms with E-state index < -0.39 is 307 Å². The Hall–Kier alpha value is -14.1. The predicted octanol–water partition coefficient (Wildman–Crippen LogP) is 5.83. The van der Waals surface area contributed by atoms with Gasteiger partial charge in [-0.25, -0.2) is 9.59 Å². The van der Waals surface area contributed by atoms with Crippen LogP contribution in [0.5, 0.6) is 69.0 Å². The number of aliphatic hydroxyl groups is 6. The fourth-order valence-corrected chi connectivity index (χ4v) is 20.7. The smallest absolute Gasteiger partial charge is 0.410 e. The summed E-state index contributed by atoms with van der Waals surface area (Å²) in [4.78, 5) is 177. The van der Waals surface area contributed by atoms with Crippen molar-refractivity contribution in [3.63, 3.8) is 0 Å². The zero-order valence-electron chi connectivity index (χ0n) is 79.2. The number of carbonyl (C=O) groups is 10. The zero-order valence-corrected chi connectivity index (χ0v) is 80.7. The number of carbonyl (C=O) groups excluding carboxylic acids is 10. The van der Waals surface area contributed by atoms with E-state index in [1.165, 1.54) is 54.4 Å². The highest BCUT2D eigenvalue weighted by molar-refractivity contribution is 6.32. The summed E-state index contributed by atoms with van der Waals surface area (Å²) in [6.07, 6.45) is -20.4. The lowest BCUT2D eigenvalue weighted by Crippen LogP contribution is -2.66. The Morgan fingerprint density at radius 3 is 1.73 bits per heavy atom. The lowest BCUT2D eigenvalue weighted by molar-refractivity contribution is -0.386. The Labute approximate surface area is 835 Å². The molecule has 18 atom stereocenters. The first-order valence-corrected chi connectivity index (χ1v) is 46.8. The van der Waals surface area contributed by atoms with Crippen molar-refractivity contribution in [1.82, 2.24) is 47.4 Å². The minimum absolute atomic E-state index is 0.00846. The van der Waals surface area contributed by atoms with E-state index in [0.717, 1.165) is 135 Å². The predicted molar refractivity (Wildman–Crippen MR) is 501 cm³/mol. The summed E-state index contributed by atoms with van der Waals surface area (Å²) in [5.74, 6) is -16.0. The highest BCUT2D eigenvalue weighted by Gasteiger charge is 2.55. The van der Waals surface area contributed by atoms with Gasteiger partial charge in [0.05, 0.1) is 96.3 Å². The third-order valence-electron chi connectivity index (χ3n) is 27.3. The Bertz CT molecular complexity index is 6210. The fourth-order valence-electron chi connectivity index (χ4n) is 20.2. The maximum atomic E-state index is 16.7. The van der Waals surface area contributed by atoms with E-state index in [9.17, 15) is 80.6 Å². The number of hydrogen-bond acceptors (Lipinski definition) is 35. The second-order valence-electron chi connectivity index (χ2n) is 37.5. The number of benzene rings is 7. The van der Waals surface area contributed by atoms with E-state index in [1.54, 1.807) is 13.8 Å². The Kier molecular flexibility index (Phi) is 31.5. The fraction of sp³-hybridized carbons (Fsp3) is 0.458. The Balaban J connectivity index is 0.868. The first kappa shape index (κ1) is 105. The minimum Gasteiger partial charge on any atom is -0.508 e. The number of phenolic OH excluding ortho intramolecular Hbond substituents is 3. The van der Waals surface area contributed by atoms with E-state index in [1.807, 2.05) is 0 Å². The van der Waals surface area contributed by atoms with Crippen molar-refractivity contribution in [3.8, 4) is 80.1 Å². The largest absolute Gasteiger partial charge is 0.508 e. The molecule has 7 aromatic carbocycles. The summed E-state index contributed by atoms with van der Waals surface area (Å²) in [6.45, 7) is 3.30. The number of aliphatic hydroxyl groups excluding tert-OH is 6. The van der Waals surface area contributed by atoms with Crippen LogP contribution in [0.3, 0.4) is 0 Å². The number of halogens is 2. The molecule has 15 bridgehead atoms. The molecule has 19 N–H and O–H groups in total. The first-order chi connectivity index (χ1) is 68.9. The van der Waals surface area contributed by atoms with E-state index in [-0.39, 0.29) is 74.6 Å². The molecule has 4 aliphatic carbocycles. The van der Waals surface area contributed by atoms with Crippen LogP contribution in [0.15, 0.2) is 103 Å². The molecule has 145 heavy (non-hydrogen) atoms. The van der Waals surface area contributed by atoms with Gasteiger partial charge in [-0.2, -0.15) is 0 Å². The number of nitro benzene ring substituents is 2. The zero-order chi connectivity index (χ0) is 105. The van der Waals surface area contributed by atoms with Crippen molar-refractivity contribution in [1.29, 1.82) is 0 Å². The number of primary amides is 1. The van der Waals surface area contributed by atoms with Crippen LogP contribution in [0, 0.1) is 49.8 Å². The van der Waals surface area contributed by atoms with Gasteiger partial charge in [0.15, 0.2) is 46.9 Å². The van der Waals surface area contributed by atoms with Crippen LogP contribution >= 0.6 is 23.2 Å². The van der Waals surface area contributed by atoms with Crippen LogP contribution in [0.1, 0.15) is 148 Å². The lowest BCUT2D eigenvalue weighted by atomic mass is 9.54. The highest BCUT2D eigenvalue weighted by atomic mass is 35.5. The van der Waals surface area contributed by atoms with E-state index in [2.05, 4.69) is 42.5 Å². The second-order valence-corrected chi connectivity index (χ2v) is 38.3. The molecule has 6 fully saturated rings. The van der Waals surface area contributed by atoms with E-state index >= 15 is 33.6 Å². The van der Waals surface area contributed by atoms with Gasteiger partial charge in [-0.05, 0) is 177 Å². The number of fused-ring (bicyclic) bond motifs is 15. The molecule has 11 aliphatic rings. The van der Waals surface area contributed by atoms with Crippen molar-refractivity contribution in [2.45, 2.75) is 208 Å². The van der Waals surface area contributed by atoms with Crippen LogP contribution in [0.2, 0.25) is 10.0 Å². The van der Waals surface area contributed by atoms with Gasteiger partial charge in [-0.15, -0.1) is 0 Å². The molecule has 2 saturated heterocycles. The van der Waals surface area contributed by atoms with Gasteiger partial charge in [0.2, 0.25) is 59.3 Å². The molecule has 7 heterocycles. The van der Waals surface area contributed by atoms with Gasteiger partial charge in [0.25, 0.3) is 11.4 Å². The molecule has 49 heteroatoms. The van der Waals surface area contributed by atoms with Gasteiger partial charge in [0, 0.05) is 36.7 Å². The number of hydrogen-bond donors (Lipinski definition) is 18. The number of alkyl carbamates (subject to hydrolysis) is 1. The van der Waals surface area contributed by atoms with Crippen molar-refractivity contribution in [2.75, 3.05) is 42.1 Å². The summed E-state index contributed by atoms with van der Waals surface area (Å²) in [6, 6.07) is 2.04. The summed E-state index contributed by atoms with van der Waals surface area (Å²) < 4.78 is 71.6. The number of methoxy groups -OCH3 is 4. The van der Waals surface area contributed by atoms with Crippen LogP contribution in [0.25, 0.3) is 11.1 Å². The molecule has 10 amide bonds. The number of nitrogens with two attached hydrogens (primary N) is 1. The minimum atomic E-state index is -2.51. The third kappa shape index (κ3) is 22.3. The molecule has 0 radical (unpaired) electrons. The molecule has 4 saturated carbocycles. The summed E-state index contributed by atoms with van der Waals surface area (Å²) in [7, 11) is 6.10.